The molecule has 8 heteroatoms. The van der Waals surface area contributed by atoms with Crippen molar-refractivity contribution in [2.45, 2.75) is 17.6 Å². The van der Waals surface area contributed by atoms with E-state index in [-0.39, 0.29) is 16.2 Å². The van der Waals surface area contributed by atoms with Gasteiger partial charge in [-0.2, -0.15) is 0 Å². The number of carbonyl (C=O) groups excluding carboxylic acids is 2. The summed E-state index contributed by atoms with van der Waals surface area (Å²) < 4.78 is 39.8. The van der Waals surface area contributed by atoms with Gasteiger partial charge in [-0.05, 0) is 35.4 Å². The number of sulfonamides is 1. The molecule has 36 heavy (non-hydrogen) atoms. The Balaban J connectivity index is 1.41. The Labute approximate surface area is 208 Å². The third-order valence-electron chi connectivity index (χ3n) is 5.69. The summed E-state index contributed by atoms with van der Waals surface area (Å²) in [6.45, 7) is 0. The fraction of sp³-hybridized carbons (Fsp3) is 0.0714. The van der Waals surface area contributed by atoms with Crippen molar-refractivity contribution >= 4 is 21.7 Å². The zero-order valence-corrected chi connectivity index (χ0v) is 19.8. The topological polar surface area (TPSA) is 98.8 Å². The highest BCUT2D eigenvalue weighted by Crippen LogP contribution is 2.31. The van der Waals surface area contributed by atoms with Gasteiger partial charge in [0.05, 0.1) is 4.90 Å². The van der Waals surface area contributed by atoms with Crippen molar-refractivity contribution < 1.29 is 27.5 Å². The van der Waals surface area contributed by atoms with Crippen molar-refractivity contribution in [1.29, 1.82) is 0 Å². The first kappa shape index (κ1) is 23.3. The first-order chi connectivity index (χ1) is 17.4. The van der Waals surface area contributed by atoms with E-state index in [1.54, 1.807) is 54.6 Å². The van der Waals surface area contributed by atoms with Crippen molar-refractivity contribution in [1.82, 2.24) is 4.72 Å². The molecule has 0 fully saturated rings. The van der Waals surface area contributed by atoms with Gasteiger partial charge in [0.1, 0.15) is 11.5 Å². The molecule has 4 aromatic carbocycles. The molecule has 0 spiro atoms. The van der Waals surface area contributed by atoms with Crippen LogP contribution >= 0.6 is 0 Å². The summed E-state index contributed by atoms with van der Waals surface area (Å²) in [5, 5.41) is 0. The van der Waals surface area contributed by atoms with Crippen LogP contribution in [0.5, 0.6) is 11.5 Å². The van der Waals surface area contributed by atoms with Crippen LogP contribution in [0.15, 0.2) is 108 Å². The molecular formula is C28H21NO6S. The van der Waals surface area contributed by atoms with Crippen molar-refractivity contribution in [2.24, 2.45) is 0 Å². The standard InChI is InChI=1S/C28H21NO6S/c30-26(19-9-2-1-3-10-19)22-13-8-14-23(18-22)36(32,33)29-27(31)28-34-24-15-6-4-11-20(24)17-21-12-5-7-16-25(21)35-28/h1-16,18,28H,17H2,(H,29,31). The molecule has 5 rings (SSSR count). The molecule has 4 aromatic rings. The predicted molar refractivity (Wildman–Crippen MR) is 132 cm³/mol. The molecule has 0 bridgehead atoms. The van der Waals surface area contributed by atoms with Gasteiger partial charge < -0.3 is 9.47 Å². The number of benzene rings is 4. The highest BCUT2D eigenvalue weighted by Gasteiger charge is 2.31. The zero-order chi connectivity index (χ0) is 25.1. The Morgan fingerprint density at radius 3 is 1.89 bits per heavy atom. The second-order valence-electron chi connectivity index (χ2n) is 8.15. The molecule has 1 heterocycles. The number of rotatable bonds is 5. The Morgan fingerprint density at radius 2 is 1.25 bits per heavy atom. The van der Waals surface area contributed by atoms with Gasteiger partial charge in [-0.15, -0.1) is 0 Å². The molecule has 1 aliphatic rings. The Bertz CT molecular complexity index is 1500. The number of amides is 1. The average Bonchev–Trinajstić information content (AvgIpc) is 2.88. The van der Waals surface area contributed by atoms with E-state index in [2.05, 4.69) is 0 Å². The SMILES string of the molecule is O=C(c1ccccc1)c1cccc(S(=O)(=O)NC(=O)C2Oc3ccccc3Cc3ccccc3O2)c1. The van der Waals surface area contributed by atoms with Crippen LogP contribution in [0, 0.1) is 0 Å². The second-order valence-corrected chi connectivity index (χ2v) is 9.83. The molecule has 0 saturated carbocycles. The van der Waals surface area contributed by atoms with E-state index in [0.717, 1.165) is 11.1 Å². The smallest absolute Gasteiger partial charge is 0.322 e. The predicted octanol–water partition coefficient (Wildman–Crippen LogP) is 4.11. The van der Waals surface area contributed by atoms with Gasteiger partial charge in [-0.3, -0.25) is 9.59 Å². The number of ketones is 1. The Hall–Kier alpha value is -4.43. The van der Waals surface area contributed by atoms with Crippen LogP contribution in [0.4, 0.5) is 0 Å². The molecule has 180 valence electrons. The second kappa shape index (κ2) is 9.67. The summed E-state index contributed by atoms with van der Waals surface area (Å²) in [5.41, 5.74) is 2.27. The lowest BCUT2D eigenvalue weighted by Crippen LogP contribution is -2.45. The minimum atomic E-state index is -4.33. The van der Waals surface area contributed by atoms with E-state index >= 15 is 0 Å². The highest BCUT2D eigenvalue weighted by atomic mass is 32.2. The van der Waals surface area contributed by atoms with Crippen molar-refractivity contribution in [2.75, 3.05) is 0 Å². The molecule has 0 unspecified atom stereocenters. The number of hydrogen-bond acceptors (Lipinski definition) is 6. The highest BCUT2D eigenvalue weighted by molar-refractivity contribution is 7.90. The number of nitrogens with one attached hydrogen (secondary N) is 1. The number of para-hydroxylation sites is 2. The molecule has 1 amide bonds. The van der Waals surface area contributed by atoms with Crippen LogP contribution < -0.4 is 14.2 Å². The van der Waals surface area contributed by atoms with Crippen LogP contribution in [0.2, 0.25) is 0 Å². The van der Waals surface area contributed by atoms with E-state index in [9.17, 15) is 18.0 Å². The molecule has 7 nitrogen and oxygen atoms in total. The summed E-state index contributed by atoms with van der Waals surface area (Å²) in [4.78, 5) is 25.6. The summed E-state index contributed by atoms with van der Waals surface area (Å²) >= 11 is 0. The fourth-order valence-corrected chi connectivity index (χ4v) is 4.92. The average molecular weight is 500 g/mol. The maximum atomic E-state index is 13.1. The van der Waals surface area contributed by atoms with E-state index in [4.69, 9.17) is 9.47 Å². The first-order valence-corrected chi connectivity index (χ1v) is 12.6. The maximum absolute atomic E-state index is 13.1. The van der Waals surface area contributed by atoms with Crippen LogP contribution in [-0.4, -0.2) is 26.4 Å². The van der Waals surface area contributed by atoms with Gasteiger partial charge >= 0.3 is 12.2 Å². The number of carbonyl (C=O) groups is 2. The monoisotopic (exact) mass is 499 g/mol. The van der Waals surface area contributed by atoms with Crippen LogP contribution in [0.1, 0.15) is 27.0 Å². The Kier molecular flexibility index (Phi) is 6.26. The molecule has 1 N–H and O–H groups in total. The zero-order valence-electron chi connectivity index (χ0n) is 19.0. The lowest BCUT2D eigenvalue weighted by Gasteiger charge is -2.25. The largest absolute Gasteiger partial charge is 0.446 e. The van der Waals surface area contributed by atoms with Crippen molar-refractivity contribution in [3.05, 3.63) is 125 Å². The van der Waals surface area contributed by atoms with Gasteiger partial charge in [0.15, 0.2) is 5.78 Å². The van der Waals surface area contributed by atoms with E-state index < -0.39 is 22.2 Å². The molecular weight excluding hydrogens is 478 g/mol. The fourth-order valence-electron chi connectivity index (χ4n) is 3.90. The first-order valence-electron chi connectivity index (χ1n) is 11.2. The summed E-state index contributed by atoms with van der Waals surface area (Å²) in [5.74, 6) is -0.500. The minimum Gasteiger partial charge on any atom is -0.446 e. The third kappa shape index (κ3) is 4.85. The molecule has 0 radical (unpaired) electrons. The minimum absolute atomic E-state index is 0.179. The van der Waals surface area contributed by atoms with Crippen LogP contribution in [0.25, 0.3) is 0 Å². The Morgan fingerprint density at radius 1 is 0.694 bits per heavy atom. The maximum Gasteiger partial charge on any atom is 0.322 e. The van der Waals surface area contributed by atoms with Crippen LogP contribution in [-0.2, 0) is 21.2 Å². The normalized spacial score (nSPS) is 13.1. The van der Waals surface area contributed by atoms with Gasteiger partial charge in [-0.1, -0.05) is 78.9 Å². The molecule has 0 atom stereocenters. The molecule has 0 saturated heterocycles. The molecule has 0 aliphatic carbocycles. The van der Waals surface area contributed by atoms with Crippen molar-refractivity contribution in [3.63, 3.8) is 0 Å². The summed E-state index contributed by atoms with van der Waals surface area (Å²) in [6, 6.07) is 28.4. The van der Waals surface area contributed by atoms with Crippen LogP contribution in [0.3, 0.4) is 0 Å². The molecule has 0 aromatic heterocycles. The lowest BCUT2D eigenvalue weighted by molar-refractivity contribution is -0.138. The van der Waals surface area contributed by atoms with Gasteiger partial charge in [0.25, 0.3) is 10.0 Å². The van der Waals surface area contributed by atoms with Crippen molar-refractivity contribution in [3.8, 4) is 11.5 Å². The summed E-state index contributed by atoms with van der Waals surface area (Å²) in [6.07, 6.45) is -1.03. The van der Waals surface area contributed by atoms with Gasteiger partial charge in [0.2, 0.25) is 0 Å². The molecule has 1 aliphatic heterocycles. The van der Waals surface area contributed by atoms with Gasteiger partial charge in [-0.25, -0.2) is 13.1 Å². The number of fused-ring (bicyclic) bond motifs is 2. The number of hydrogen-bond donors (Lipinski definition) is 1. The summed E-state index contributed by atoms with van der Waals surface area (Å²) in [7, 11) is -4.33. The third-order valence-corrected chi connectivity index (χ3v) is 7.03. The van der Waals surface area contributed by atoms with E-state index in [0.29, 0.717) is 23.5 Å². The lowest BCUT2D eigenvalue weighted by atomic mass is 10.0. The quantitative estimate of drug-likeness (QED) is 0.415. The van der Waals surface area contributed by atoms with E-state index in [1.165, 1.54) is 24.3 Å². The van der Waals surface area contributed by atoms with Gasteiger partial charge in [0, 0.05) is 17.5 Å². The number of ether oxygens (including phenoxy) is 2. The van der Waals surface area contributed by atoms with E-state index in [1.807, 2.05) is 29.0 Å².